The Morgan fingerprint density at radius 2 is 2.36 bits per heavy atom. The van der Waals surface area contributed by atoms with Gasteiger partial charge in [0.05, 0.1) is 0 Å². The number of amides is 2. The van der Waals surface area contributed by atoms with E-state index in [0.29, 0.717) is 24.8 Å². The van der Waals surface area contributed by atoms with E-state index in [0.717, 1.165) is 24.9 Å². The first-order valence-electron chi connectivity index (χ1n) is 8.48. The summed E-state index contributed by atoms with van der Waals surface area (Å²) in [6.07, 6.45) is 1.93. The number of aryl methyl sites for hydroxylation is 1. The Hall–Kier alpha value is -2.41. The number of hydrogen-bond acceptors (Lipinski definition) is 5. The van der Waals surface area contributed by atoms with E-state index < -0.39 is 0 Å². The summed E-state index contributed by atoms with van der Waals surface area (Å²) in [5.41, 5.74) is 1.11. The van der Waals surface area contributed by atoms with E-state index in [9.17, 15) is 4.79 Å². The van der Waals surface area contributed by atoms with Crippen molar-refractivity contribution in [2.45, 2.75) is 32.2 Å². The zero-order valence-electron chi connectivity index (χ0n) is 14.1. The molecule has 25 heavy (non-hydrogen) atoms. The lowest BCUT2D eigenvalue weighted by Crippen LogP contribution is -2.44. The summed E-state index contributed by atoms with van der Waals surface area (Å²) in [7, 11) is 0. The fraction of sp³-hybridized carbons (Fsp3) is 0.389. The van der Waals surface area contributed by atoms with Crippen molar-refractivity contribution in [2.75, 3.05) is 13.1 Å². The van der Waals surface area contributed by atoms with Crippen LogP contribution in [0.1, 0.15) is 36.0 Å². The van der Waals surface area contributed by atoms with E-state index in [-0.39, 0.29) is 11.9 Å². The van der Waals surface area contributed by atoms with E-state index in [1.54, 1.807) is 18.3 Å². The van der Waals surface area contributed by atoms with Gasteiger partial charge in [0.25, 0.3) is 0 Å². The quantitative estimate of drug-likeness (QED) is 0.777. The van der Waals surface area contributed by atoms with Gasteiger partial charge in [-0.2, -0.15) is 4.98 Å². The molecule has 3 heterocycles. The molecular weight excluding hydrogens is 336 g/mol. The highest BCUT2D eigenvalue weighted by Gasteiger charge is 2.27. The number of benzene rings is 1. The molecule has 2 aromatic heterocycles. The molecule has 0 bridgehead atoms. The van der Waals surface area contributed by atoms with Gasteiger partial charge in [-0.15, -0.1) is 11.3 Å². The van der Waals surface area contributed by atoms with E-state index in [4.69, 9.17) is 4.52 Å². The van der Waals surface area contributed by atoms with Crippen molar-refractivity contribution in [1.82, 2.24) is 20.4 Å². The van der Waals surface area contributed by atoms with Crippen LogP contribution < -0.4 is 5.32 Å². The summed E-state index contributed by atoms with van der Waals surface area (Å²) in [6.45, 7) is 3.72. The number of hydrogen-bond donors (Lipinski definition) is 1. The highest BCUT2D eigenvalue weighted by Crippen LogP contribution is 2.25. The maximum atomic E-state index is 12.5. The summed E-state index contributed by atoms with van der Waals surface area (Å²) in [5, 5.41) is 10.3. The molecule has 1 fully saturated rings. The van der Waals surface area contributed by atoms with Crippen LogP contribution in [0.5, 0.6) is 0 Å². The molecule has 1 atom stereocenters. The fourth-order valence-corrected chi connectivity index (χ4v) is 4.04. The Morgan fingerprint density at radius 1 is 1.44 bits per heavy atom. The molecule has 1 N–H and O–H groups in total. The van der Waals surface area contributed by atoms with Gasteiger partial charge in [0.1, 0.15) is 0 Å². The number of thiophene rings is 1. The standard InChI is InChI=1S/C18H20N4O2S/c1-12-20-17(21-24-12)15-3-2-7-22(11-15)18(23)19-10-13-4-5-16-14(9-13)6-8-25-16/h4-6,8-9,15H,2-3,7,10-11H2,1H3,(H,19,23). The van der Waals surface area contributed by atoms with Crippen LogP contribution in [0.4, 0.5) is 4.79 Å². The average Bonchev–Trinajstić information content (AvgIpc) is 3.28. The van der Waals surface area contributed by atoms with Gasteiger partial charge in [-0.1, -0.05) is 11.2 Å². The first kappa shape index (κ1) is 16.1. The minimum absolute atomic E-state index is 0.0321. The number of nitrogens with one attached hydrogen (secondary N) is 1. The van der Waals surface area contributed by atoms with Gasteiger partial charge < -0.3 is 14.7 Å². The van der Waals surface area contributed by atoms with Crippen LogP contribution in [0.25, 0.3) is 10.1 Å². The minimum atomic E-state index is -0.0321. The van der Waals surface area contributed by atoms with Gasteiger partial charge >= 0.3 is 6.03 Å². The van der Waals surface area contributed by atoms with Crippen LogP contribution in [-0.4, -0.2) is 34.2 Å². The molecule has 1 saturated heterocycles. The Bertz CT molecular complexity index is 888. The smallest absolute Gasteiger partial charge is 0.317 e. The van der Waals surface area contributed by atoms with Crippen LogP contribution >= 0.6 is 11.3 Å². The lowest BCUT2D eigenvalue weighted by molar-refractivity contribution is 0.177. The van der Waals surface area contributed by atoms with E-state index >= 15 is 0 Å². The second-order valence-electron chi connectivity index (χ2n) is 6.41. The van der Waals surface area contributed by atoms with Gasteiger partial charge in [-0.25, -0.2) is 4.79 Å². The Balaban J connectivity index is 1.36. The lowest BCUT2D eigenvalue weighted by atomic mass is 9.98. The third-order valence-corrected chi connectivity index (χ3v) is 5.48. The van der Waals surface area contributed by atoms with Crippen molar-refractivity contribution in [1.29, 1.82) is 0 Å². The summed E-state index contributed by atoms with van der Waals surface area (Å²) in [6, 6.07) is 8.38. The maximum absolute atomic E-state index is 12.5. The Kier molecular flexibility index (Phi) is 4.40. The third kappa shape index (κ3) is 3.51. The Morgan fingerprint density at radius 3 is 3.20 bits per heavy atom. The molecule has 1 aliphatic rings. The number of carbonyl (C=O) groups excluding carboxylic acids is 1. The van der Waals surface area contributed by atoms with Crippen LogP contribution in [0.3, 0.4) is 0 Å². The first-order valence-corrected chi connectivity index (χ1v) is 9.36. The minimum Gasteiger partial charge on any atom is -0.340 e. The fourth-order valence-electron chi connectivity index (χ4n) is 3.27. The average molecular weight is 356 g/mol. The van der Waals surface area contributed by atoms with E-state index in [2.05, 4.69) is 45.1 Å². The molecule has 6 nitrogen and oxygen atoms in total. The normalized spacial score (nSPS) is 17.8. The van der Waals surface area contributed by atoms with Gasteiger partial charge in [0, 0.05) is 37.2 Å². The number of carbonyl (C=O) groups is 1. The van der Waals surface area contributed by atoms with Gasteiger partial charge in [-0.05, 0) is 47.4 Å². The molecule has 0 aliphatic carbocycles. The number of urea groups is 1. The molecule has 3 aromatic rings. The summed E-state index contributed by atoms with van der Waals surface area (Å²) < 4.78 is 6.34. The second kappa shape index (κ2) is 6.84. The first-order chi connectivity index (χ1) is 12.2. The molecule has 2 amide bonds. The predicted octanol–water partition coefficient (Wildman–Crippen LogP) is 3.68. The third-order valence-electron chi connectivity index (χ3n) is 4.58. The van der Waals surface area contributed by atoms with Gasteiger partial charge in [-0.3, -0.25) is 0 Å². The second-order valence-corrected chi connectivity index (χ2v) is 7.36. The topological polar surface area (TPSA) is 71.3 Å². The Labute approximate surface area is 149 Å². The molecule has 7 heteroatoms. The van der Waals surface area contributed by atoms with Crippen molar-refractivity contribution < 1.29 is 9.32 Å². The molecule has 130 valence electrons. The predicted molar refractivity (Wildman–Crippen MR) is 96.6 cm³/mol. The van der Waals surface area contributed by atoms with Crippen LogP contribution in [0, 0.1) is 6.92 Å². The summed E-state index contributed by atoms with van der Waals surface area (Å²) in [5.74, 6) is 1.43. The zero-order chi connectivity index (χ0) is 17.2. The molecule has 1 aliphatic heterocycles. The zero-order valence-corrected chi connectivity index (χ0v) is 14.9. The highest BCUT2D eigenvalue weighted by atomic mass is 32.1. The van der Waals surface area contributed by atoms with Crippen LogP contribution in [0.15, 0.2) is 34.2 Å². The SMILES string of the molecule is Cc1nc(C2CCCN(C(=O)NCc3ccc4sccc4c3)C2)no1. The molecule has 1 aromatic carbocycles. The largest absolute Gasteiger partial charge is 0.340 e. The molecular formula is C18H20N4O2S. The van der Waals surface area contributed by atoms with E-state index in [1.165, 1.54) is 10.1 Å². The molecule has 0 saturated carbocycles. The number of fused-ring (bicyclic) bond motifs is 1. The lowest BCUT2D eigenvalue weighted by Gasteiger charge is -2.31. The number of nitrogens with zero attached hydrogens (tertiary/aromatic N) is 3. The molecule has 0 spiro atoms. The maximum Gasteiger partial charge on any atom is 0.317 e. The van der Waals surface area contributed by atoms with E-state index in [1.807, 2.05) is 4.90 Å². The molecule has 4 rings (SSSR count). The van der Waals surface area contributed by atoms with Crippen molar-refractivity contribution in [3.63, 3.8) is 0 Å². The molecule has 1 unspecified atom stereocenters. The van der Waals surface area contributed by atoms with Crippen molar-refractivity contribution >= 4 is 27.5 Å². The number of rotatable bonds is 3. The van der Waals surface area contributed by atoms with Crippen molar-refractivity contribution in [3.8, 4) is 0 Å². The molecule has 0 radical (unpaired) electrons. The highest BCUT2D eigenvalue weighted by molar-refractivity contribution is 7.17. The van der Waals surface area contributed by atoms with Crippen LogP contribution in [-0.2, 0) is 6.54 Å². The summed E-state index contributed by atoms with van der Waals surface area (Å²) in [4.78, 5) is 18.7. The van der Waals surface area contributed by atoms with Crippen LogP contribution in [0.2, 0.25) is 0 Å². The number of likely N-dealkylation sites (tertiary alicyclic amines) is 1. The number of piperidine rings is 1. The van der Waals surface area contributed by atoms with Gasteiger partial charge in [0.2, 0.25) is 5.89 Å². The van der Waals surface area contributed by atoms with Crippen molar-refractivity contribution in [3.05, 3.63) is 46.9 Å². The van der Waals surface area contributed by atoms with Gasteiger partial charge in [0.15, 0.2) is 5.82 Å². The van der Waals surface area contributed by atoms with Crippen molar-refractivity contribution in [2.24, 2.45) is 0 Å². The number of aromatic nitrogens is 2. The monoisotopic (exact) mass is 356 g/mol. The summed E-state index contributed by atoms with van der Waals surface area (Å²) >= 11 is 1.73.